The summed E-state index contributed by atoms with van der Waals surface area (Å²) in [5.74, 6) is 0.990. The zero-order valence-electron chi connectivity index (χ0n) is 11.6. The first-order valence-corrected chi connectivity index (χ1v) is 6.69. The molecule has 4 heteroatoms. The summed E-state index contributed by atoms with van der Waals surface area (Å²) in [6.07, 6.45) is 1.31. The van der Waals surface area contributed by atoms with E-state index >= 15 is 0 Å². The first kappa shape index (κ1) is 13.3. The Morgan fingerprint density at radius 2 is 2.28 bits per heavy atom. The molecule has 1 fully saturated rings. The van der Waals surface area contributed by atoms with Gasteiger partial charge in [-0.1, -0.05) is 13.0 Å². The number of aromatic nitrogens is 1. The van der Waals surface area contributed by atoms with E-state index in [0.29, 0.717) is 0 Å². The lowest BCUT2D eigenvalue weighted by molar-refractivity contribution is -0.0318. The Labute approximate surface area is 110 Å². The van der Waals surface area contributed by atoms with Gasteiger partial charge in [-0.2, -0.15) is 0 Å². The van der Waals surface area contributed by atoms with Gasteiger partial charge in [0.2, 0.25) is 0 Å². The van der Waals surface area contributed by atoms with E-state index in [4.69, 9.17) is 4.74 Å². The molecule has 1 atom stereocenters. The number of nitrogens with zero attached hydrogens (tertiary/aromatic N) is 3. The molecule has 2 rings (SSSR count). The van der Waals surface area contributed by atoms with Crippen molar-refractivity contribution in [1.82, 2.24) is 9.88 Å². The van der Waals surface area contributed by atoms with Gasteiger partial charge in [-0.25, -0.2) is 4.98 Å². The van der Waals surface area contributed by atoms with Crippen molar-refractivity contribution in [2.45, 2.75) is 19.4 Å². The second-order valence-electron chi connectivity index (χ2n) is 4.98. The smallest absolute Gasteiger partial charge is 0.128 e. The minimum absolute atomic E-state index is 0.116. The Kier molecular flexibility index (Phi) is 4.55. The van der Waals surface area contributed by atoms with Crippen LogP contribution in [0.5, 0.6) is 0 Å². The molecule has 0 N–H and O–H groups in total. The summed E-state index contributed by atoms with van der Waals surface area (Å²) in [5, 5.41) is 0. The highest BCUT2D eigenvalue weighted by molar-refractivity contribution is 5.37. The monoisotopic (exact) mass is 249 g/mol. The standard InChI is InChI=1S/C14H23N3O/c1-4-8-17-9-10-18-13(11-17)12-6-5-7-14(15-12)16(2)3/h5-7,13H,4,8-11H2,1-3H3. The quantitative estimate of drug-likeness (QED) is 0.815. The summed E-state index contributed by atoms with van der Waals surface area (Å²) < 4.78 is 5.85. The maximum Gasteiger partial charge on any atom is 0.128 e. The van der Waals surface area contributed by atoms with Gasteiger partial charge in [0.05, 0.1) is 12.3 Å². The minimum Gasteiger partial charge on any atom is -0.369 e. The molecule has 0 saturated carbocycles. The van der Waals surface area contributed by atoms with Crippen LogP contribution in [0.15, 0.2) is 18.2 Å². The predicted molar refractivity (Wildman–Crippen MR) is 74.0 cm³/mol. The summed E-state index contributed by atoms with van der Waals surface area (Å²) in [7, 11) is 4.02. The average molecular weight is 249 g/mol. The Morgan fingerprint density at radius 1 is 1.44 bits per heavy atom. The fourth-order valence-electron chi connectivity index (χ4n) is 2.27. The molecule has 0 bridgehead atoms. The number of morpholine rings is 1. The van der Waals surface area contributed by atoms with Gasteiger partial charge in [0.15, 0.2) is 0 Å². The zero-order valence-corrected chi connectivity index (χ0v) is 11.6. The highest BCUT2D eigenvalue weighted by Gasteiger charge is 2.22. The summed E-state index contributed by atoms with van der Waals surface area (Å²) in [4.78, 5) is 9.15. The molecule has 2 heterocycles. The Hall–Kier alpha value is -1.13. The molecule has 18 heavy (non-hydrogen) atoms. The summed E-state index contributed by atoms with van der Waals surface area (Å²) in [6, 6.07) is 6.14. The van der Waals surface area contributed by atoms with Crippen molar-refractivity contribution in [3.8, 4) is 0 Å². The second kappa shape index (κ2) is 6.16. The molecule has 0 aliphatic carbocycles. The average Bonchev–Trinajstić information content (AvgIpc) is 2.39. The van der Waals surface area contributed by atoms with E-state index in [1.54, 1.807) is 0 Å². The Balaban J connectivity index is 2.08. The van der Waals surface area contributed by atoms with Crippen LogP contribution in [0.4, 0.5) is 5.82 Å². The lowest BCUT2D eigenvalue weighted by Crippen LogP contribution is -2.39. The Bertz CT molecular complexity index is 379. The van der Waals surface area contributed by atoms with Crippen molar-refractivity contribution < 1.29 is 4.74 Å². The largest absolute Gasteiger partial charge is 0.369 e. The molecule has 0 aromatic carbocycles. The van der Waals surface area contributed by atoms with Gasteiger partial charge in [0.1, 0.15) is 11.9 Å². The normalized spacial score (nSPS) is 20.9. The van der Waals surface area contributed by atoms with Gasteiger partial charge in [0.25, 0.3) is 0 Å². The number of ether oxygens (including phenoxy) is 1. The van der Waals surface area contributed by atoms with Crippen LogP contribution in [-0.4, -0.2) is 50.2 Å². The molecular weight excluding hydrogens is 226 g/mol. The lowest BCUT2D eigenvalue weighted by Gasteiger charge is -2.32. The topological polar surface area (TPSA) is 28.6 Å². The van der Waals surface area contributed by atoms with Gasteiger partial charge in [-0.15, -0.1) is 0 Å². The fourth-order valence-corrected chi connectivity index (χ4v) is 2.27. The lowest BCUT2D eigenvalue weighted by atomic mass is 10.2. The van der Waals surface area contributed by atoms with Crippen molar-refractivity contribution in [3.63, 3.8) is 0 Å². The molecule has 0 radical (unpaired) electrons. The summed E-state index contributed by atoms with van der Waals surface area (Å²) in [6.45, 7) is 6.16. The molecule has 0 spiro atoms. The number of hydrogen-bond donors (Lipinski definition) is 0. The van der Waals surface area contributed by atoms with Crippen molar-refractivity contribution in [2.75, 3.05) is 45.2 Å². The highest BCUT2D eigenvalue weighted by Crippen LogP contribution is 2.22. The molecular formula is C14H23N3O. The second-order valence-corrected chi connectivity index (χ2v) is 4.98. The summed E-state index contributed by atoms with van der Waals surface area (Å²) >= 11 is 0. The van der Waals surface area contributed by atoms with Gasteiger partial charge in [-0.05, 0) is 25.1 Å². The van der Waals surface area contributed by atoms with Gasteiger partial charge in [0, 0.05) is 27.2 Å². The first-order chi connectivity index (χ1) is 8.70. The first-order valence-electron chi connectivity index (χ1n) is 6.69. The molecule has 1 aromatic heterocycles. The number of rotatable bonds is 4. The van der Waals surface area contributed by atoms with Crippen LogP contribution in [-0.2, 0) is 4.74 Å². The molecule has 1 aliphatic heterocycles. The van der Waals surface area contributed by atoms with E-state index in [9.17, 15) is 0 Å². The molecule has 4 nitrogen and oxygen atoms in total. The molecule has 100 valence electrons. The number of anilines is 1. The summed E-state index contributed by atoms with van der Waals surface area (Å²) in [5.41, 5.74) is 1.04. The van der Waals surface area contributed by atoms with E-state index in [0.717, 1.165) is 37.8 Å². The van der Waals surface area contributed by atoms with Gasteiger partial charge in [-0.3, -0.25) is 4.90 Å². The van der Waals surface area contributed by atoms with Gasteiger partial charge >= 0.3 is 0 Å². The van der Waals surface area contributed by atoms with Crippen molar-refractivity contribution in [2.24, 2.45) is 0 Å². The zero-order chi connectivity index (χ0) is 13.0. The maximum absolute atomic E-state index is 5.85. The highest BCUT2D eigenvalue weighted by atomic mass is 16.5. The third-order valence-electron chi connectivity index (χ3n) is 3.23. The van der Waals surface area contributed by atoms with Crippen molar-refractivity contribution >= 4 is 5.82 Å². The third-order valence-corrected chi connectivity index (χ3v) is 3.23. The van der Waals surface area contributed by atoms with Crippen LogP contribution in [0.2, 0.25) is 0 Å². The van der Waals surface area contributed by atoms with Crippen LogP contribution in [0.3, 0.4) is 0 Å². The fraction of sp³-hybridized carbons (Fsp3) is 0.643. The van der Waals surface area contributed by atoms with Crippen LogP contribution < -0.4 is 4.90 Å². The molecule has 1 unspecified atom stereocenters. The van der Waals surface area contributed by atoms with Crippen LogP contribution >= 0.6 is 0 Å². The maximum atomic E-state index is 5.85. The predicted octanol–water partition coefficient (Wildman–Crippen LogP) is 1.93. The van der Waals surface area contributed by atoms with Crippen LogP contribution in [0.25, 0.3) is 0 Å². The number of hydrogen-bond acceptors (Lipinski definition) is 4. The molecule has 1 saturated heterocycles. The molecule has 1 aromatic rings. The van der Waals surface area contributed by atoms with E-state index < -0.39 is 0 Å². The van der Waals surface area contributed by atoms with Crippen LogP contribution in [0.1, 0.15) is 25.1 Å². The van der Waals surface area contributed by atoms with Crippen LogP contribution in [0, 0.1) is 0 Å². The van der Waals surface area contributed by atoms with Gasteiger partial charge < -0.3 is 9.64 Å². The SMILES string of the molecule is CCCN1CCOC(c2cccc(N(C)C)n2)C1. The third kappa shape index (κ3) is 3.21. The van der Waals surface area contributed by atoms with Crippen molar-refractivity contribution in [1.29, 1.82) is 0 Å². The van der Waals surface area contributed by atoms with E-state index in [-0.39, 0.29) is 6.10 Å². The Morgan fingerprint density at radius 3 is 3.00 bits per heavy atom. The van der Waals surface area contributed by atoms with E-state index in [2.05, 4.69) is 28.9 Å². The van der Waals surface area contributed by atoms with E-state index in [1.807, 2.05) is 25.1 Å². The number of pyridine rings is 1. The van der Waals surface area contributed by atoms with Crippen molar-refractivity contribution in [3.05, 3.63) is 23.9 Å². The molecule has 0 amide bonds. The minimum atomic E-state index is 0.116. The van der Waals surface area contributed by atoms with E-state index in [1.165, 1.54) is 6.42 Å². The molecule has 1 aliphatic rings.